The molecule has 0 spiro atoms. The number of carbonyl (C=O) groups is 2. The van der Waals surface area contributed by atoms with Gasteiger partial charge in [0.2, 0.25) is 5.91 Å². The number of nitrogens with zero attached hydrogens (tertiary/aromatic N) is 1. The molecule has 0 aliphatic carbocycles. The zero-order valence-electron chi connectivity index (χ0n) is 8.10. The lowest BCUT2D eigenvalue weighted by atomic mass is 10.1. The van der Waals surface area contributed by atoms with Crippen molar-refractivity contribution in [2.24, 2.45) is 0 Å². The molecule has 2 aliphatic rings. The Labute approximate surface area is 82.5 Å². The standard InChI is InChI=1S/C10H13NO3/c1-14-10(13)8-6-5-7-3-2-4-9(12)11(7)8/h2-3,7-8H,4-6H2,1H3/t7-,8-/m0/s1. The van der Waals surface area contributed by atoms with Gasteiger partial charge in [0.15, 0.2) is 0 Å². The van der Waals surface area contributed by atoms with Crippen molar-refractivity contribution in [3.63, 3.8) is 0 Å². The summed E-state index contributed by atoms with van der Waals surface area (Å²) >= 11 is 0. The molecule has 1 saturated heterocycles. The molecule has 14 heavy (non-hydrogen) atoms. The van der Waals surface area contributed by atoms with E-state index in [1.54, 1.807) is 4.90 Å². The molecule has 2 aliphatic heterocycles. The van der Waals surface area contributed by atoms with Crippen molar-refractivity contribution in [3.8, 4) is 0 Å². The van der Waals surface area contributed by atoms with Gasteiger partial charge in [0, 0.05) is 6.42 Å². The second-order valence-corrected chi connectivity index (χ2v) is 3.62. The molecule has 2 heterocycles. The van der Waals surface area contributed by atoms with Crippen molar-refractivity contribution in [2.75, 3.05) is 7.11 Å². The Balaban J connectivity index is 2.20. The summed E-state index contributed by atoms with van der Waals surface area (Å²) in [5, 5.41) is 0. The van der Waals surface area contributed by atoms with Crippen molar-refractivity contribution in [1.82, 2.24) is 4.90 Å². The van der Waals surface area contributed by atoms with Crippen molar-refractivity contribution < 1.29 is 14.3 Å². The number of methoxy groups -OCH3 is 1. The van der Waals surface area contributed by atoms with Crippen LogP contribution < -0.4 is 0 Å². The van der Waals surface area contributed by atoms with Crippen LogP contribution in [-0.4, -0.2) is 36.0 Å². The molecule has 0 saturated carbocycles. The number of fused-ring (bicyclic) bond motifs is 1. The largest absolute Gasteiger partial charge is 0.467 e. The van der Waals surface area contributed by atoms with Crippen LogP contribution in [0.1, 0.15) is 19.3 Å². The summed E-state index contributed by atoms with van der Waals surface area (Å²) < 4.78 is 4.67. The van der Waals surface area contributed by atoms with Gasteiger partial charge in [0.25, 0.3) is 0 Å². The van der Waals surface area contributed by atoms with Crippen LogP contribution >= 0.6 is 0 Å². The first-order valence-electron chi connectivity index (χ1n) is 4.79. The molecule has 0 aromatic heterocycles. The van der Waals surface area contributed by atoms with Crippen LogP contribution in [0.15, 0.2) is 12.2 Å². The lowest BCUT2D eigenvalue weighted by Gasteiger charge is -2.29. The molecule has 0 unspecified atom stereocenters. The fourth-order valence-corrected chi connectivity index (χ4v) is 2.18. The van der Waals surface area contributed by atoms with Crippen molar-refractivity contribution in [3.05, 3.63) is 12.2 Å². The quantitative estimate of drug-likeness (QED) is 0.451. The Morgan fingerprint density at radius 2 is 2.36 bits per heavy atom. The average Bonchev–Trinajstić information content (AvgIpc) is 2.62. The van der Waals surface area contributed by atoms with E-state index in [0.717, 1.165) is 6.42 Å². The molecular weight excluding hydrogens is 182 g/mol. The maximum absolute atomic E-state index is 11.6. The van der Waals surface area contributed by atoms with Gasteiger partial charge in [-0.1, -0.05) is 12.2 Å². The molecular formula is C10H13NO3. The second-order valence-electron chi connectivity index (χ2n) is 3.62. The highest BCUT2D eigenvalue weighted by Gasteiger charge is 2.41. The number of esters is 1. The third-order valence-electron chi connectivity index (χ3n) is 2.84. The van der Waals surface area contributed by atoms with E-state index in [9.17, 15) is 9.59 Å². The fraction of sp³-hybridized carbons (Fsp3) is 0.600. The highest BCUT2D eigenvalue weighted by molar-refractivity contribution is 5.87. The monoisotopic (exact) mass is 195 g/mol. The summed E-state index contributed by atoms with van der Waals surface area (Å²) in [6.07, 6.45) is 5.87. The van der Waals surface area contributed by atoms with Crippen LogP contribution in [-0.2, 0) is 14.3 Å². The van der Waals surface area contributed by atoms with Crippen molar-refractivity contribution in [1.29, 1.82) is 0 Å². The van der Waals surface area contributed by atoms with E-state index in [-0.39, 0.29) is 24.0 Å². The van der Waals surface area contributed by atoms with Gasteiger partial charge in [0.05, 0.1) is 13.2 Å². The minimum absolute atomic E-state index is 0.0328. The summed E-state index contributed by atoms with van der Waals surface area (Å²) in [5.74, 6) is -0.262. The minimum atomic E-state index is -0.359. The minimum Gasteiger partial charge on any atom is -0.467 e. The first-order valence-corrected chi connectivity index (χ1v) is 4.79. The van der Waals surface area contributed by atoms with Gasteiger partial charge in [-0.15, -0.1) is 0 Å². The van der Waals surface area contributed by atoms with E-state index in [2.05, 4.69) is 4.74 Å². The van der Waals surface area contributed by atoms with E-state index >= 15 is 0 Å². The average molecular weight is 195 g/mol. The number of ether oxygens (including phenoxy) is 1. The Morgan fingerprint density at radius 3 is 3.07 bits per heavy atom. The van der Waals surface area contributed by atoms with Crippen LogP contribution in [0, 0.1) is 0 Å². The number of rotatable bonds is 1. The van der Waals surface area contributed by atoms with Gasteiger partial charge in [-0.05, 0) is 12.8 Å². The summed E-state index contributed by atoms with van der Waals surface area (Å²) in [6.45, 7) is 0. The summed E-state index contributed by atoms with van der Waals surface area (Å²) in [7, 11) is 1.36. The molecule has 0 N–H and O–H groups in total. The Morgan fingerprint density at radius 1 is 1.57 bits per heavy atom. The molecule has 0 aromatic rings. The molecule has 2 atom stereocenters. The summed E-state index contributed by atoms with van der Waals surface area (Å²) in [6, 6.07) is -0.247. The highest BCUT2D eigenvalue weighted by atomic mass is 16.5. The molecule has 4 heteroatoms. The molecule has 1 fully saturated rings. The smallest absolute Gasteiger partial charge is 0.328 e. The zero-order chi connectivity index (χ0) is 10.1. The predicted molar refractivity (Wildman–Crippen MR) is 49.4 cm³/mol. The van der Waals surface area contributed by atoms with E-state index in [1.807, 2.05) is 12.2 Å². The van der Waals surface area contributed by atoms with E-state index in [1.165, 1.54) is 7.11 Å². The van der Waals surface area contributed by atoms with Gasteiger partial charge in [-0.25, -0.2) is 4.79 Å². The van der Waals surface area contributed by atoms with Crippen LogP contribution in [0.4, 0.5) is 0 Å². The third-order valence-corrected chi connectivity index (χ3v) is 2.84. The third kappa shape index (κ3) is 1.31. The van der Waals surface area contributed by atoms with Gasteiger partial charge >= 0.3 is 5.97 Å². The maximum Gasteiger partial charge on any atom is 0.328 e. The molecule has 2 rings (SSSR count). The Hall–Kier alpha value is -1.32. The van der Waals surface area contributed by atoms with E-state index in [0.29, 0.717) is 12.8 Å². The topological polar surface area (TPSA) is 46.6 Å². The molecule has 0 radical (unpaired) electrons. The first kappa shape index (κ1) is 9.24. The molecule has 1 amide bonds. The van der Waals surface area contributed by atoms with Gasteiger partial charge in [0.1, 0.15) is 6.04 Å². The molecule has 0 bridgehead atoms. The maximum atomic E-state index is 11.6. The molecule has 0 aromatic carbocycles. The number of hydrogen-bond acceptors (Lipinski definition) is 3. The fourth-order valence-electron chi connectivity index (χ4n) is 2.18. The molecule has 4 nitrogen and oxygen atoms in total. The Bertz CT molecular complexity index is 298. The van der Waals surface area contributed by atoms with Crippen LogP contribution in [0.5, 0.6) is 0 Å². The number of amides is 1. The summed E-state index contributed by atoms with van der Waals surface area (Å²) in [4.78, 5) is 24.6. The number of hydrogen-bond donors (Lipinski definition) is 0. The summed E-state index contributed by atoms with van der Waals surface area (Å²) in [5.41, 5.74) is 0. The van der Waals surface area contributed by atoms with Gasteiger partial charge in [-0.3, -0.25) is 4.79 Å². The normalized spacial score (nSPS) is 30.4. The van der Waals surface area contributed by atoms with Gasteiger partial charge in [-0.2, -0.15) is 0 Å². The lowest BCUT2D eigenvalue weighted by Crippen LogP contribution is -2.45. The first-order chi connectivity index (χ1) is 6.74. The van der Waals surface area contributed by atoms with E-state index < -0.39 is 0 Å². The Kier molecular flexibility index (Phi) is 2.27. The zero-order valence-corrected chi connectivity index (χ0v) is 8.10. The van der Waals surface area contributed by atoms with Crippen LogP contribution in [0.3, 0.4) is 0 Å². The van der Waals surface area contributed by atoms with Gasteiger partial charge < -0.3 is 9.64 Å². The lowest BCUT2D eigenvalue weighted by molar-refractivity contribution is -0.151. The van der Waals surface area contributed by atoms with Crippen molar-refractivity contribution in [2.45, 2.75) is 31.3 Å². The molecule has 76 valence electrons. The predicted octanol–water partition coefficient (Wildman–Crippen LogP) is 0.479. The van der Waals surface area contributed by atoms with Crippen molar-refractivity contribution >= 4 is 11.9 Å². The second kappa shape index (κ2) is 3.44. The number of carbonyl (C=O) groups excluding carboxylic acids is 2. The highest BCUT2D eigenvalue weighted by Crippen LogP contribution is 2.29. The SMILES string of the molecule is COC(=O)[C@@H]1CC[C@@H]2C=CCC(=O)N21. The van der Waals surface area contributed by atoms with Crippen LogP contribution in [0.25, 0.3) is 0 Å². The van der Waals surface area contributed by atoms with Crippen LogP contribution in [0.2, 0.25) is 0 Å². The van der Waals surface area contributed by atoms with E-state index in [4.69, 9.17) is 0 Å².